The quantitative estimate of drug-likeness (QED) is 0.709. The molecular weight excluding hydrogens is 270 g/mol. The van der Waals surface area contributed by atoms with Crippen molar-refractivity contribution in [1.29, 1.82) is 0 Å². The number of Topliss-reactive ketones (excluding diaryl/α,β-unsaturated/α-hetero) is 1. The first-order valence-electron chi connectivity index (χ1n) is 4.13. The minimum absolute atomic E-state index is 0.440. The van der Waals surface area contributed by atoms with Crippen LogP contribution in [0.15, 0.2) is 0 Å². The van der Waals surface area contributed by atoms with Gasteiger partial charge in [-0.1, -0.05) is 0 Å². The monoisotopic (exact) mass is 286 g/mol. The number of carbonyl (C=O) groups is 1. The van der Waals surface area contributed by atoms with Gasteiger partial charge in [0.25, 0.3) is 0 Å². The molecule has 0 atom stereocenters. The van der Waals surface area contributed by atoms with Crippen molar-refractivity contribution in [3.05, 3.63) is 0 Å². The van der Waals surface area contributed by atoms with Gasteiger partial charge in [-0.2, -0.15) is 0 Å². The van der Waals surface area contributed by atoms with Crippen LogP contribution in [-0.2, 0) is 4.79 Å². The first-order chi connectivity index (χ1) is 5.34. The van der Waals surface area contributed by atoms with Crippen LogP contribution >= 0.6 is 0 Å². The molecule has 0 aromatic heterocycles. The molecular formula is C8H14OSe2. The summed E-state index contributed by atoms with van der Waals surface area (Å²) >= 11 is 3.04. The summed E-state index contributed by atoms with van der Waals surface area (Å²) in [7, 11) is 0. The van der Waals surface area contributed by atoms with E-state index >= 15 is 0 Å². The second kappa shape index (κ2) is 5.37. The standard InChI is InChI=1S/C8H14OSe2/c9-8(6-11-10)7-4-2-1-3-5-7/h7,10H,1-6H2. The first kappa shape index (κ1) is 9.79. The molecule has 0 heterocycles. The van der Waals surface area contributed by atoms with E-state index in [0.29, 0.717) is 24.8 Å². The van der Waals surface area contributed by atoms with Crippen molar-refractivity contribution in [3.63, 3.8) is 0 Å². The van der Waals surface area contributed by atoms with Crippen LogP contribution in [0.5, 0.6) is 0 Å². The summed E-state index contributed by atoms with van der Waals surface area (Å²) in [6.45, 7) is 0. The zero-order chi connectivity index (χ0) is 8.10. The van der Waals surface area contributed by atoms with Gasteiger partial charge in [0, 0.05) is 0 Å². The molecule has 0 unspecified atom stereocenters. The van der Waals surface area contributed by atoms with Gasteiger partial charge in [-0.25, -0.2) is 0 Å². The van der Waals surface area contributed by atoms with Gasteiger partial charge in [-0.15, -0.1) is 0 Å². The van der Waals surface area contributed by atoms with Gasteiger partial charge in [0.05, 0.1) is 0 Å². The maximum absolute atomic E-state index is 11.4. The summed E-state index contributed by atoms with van der Waals surface area (Å²) in [6, 6.07) is 0. The summed E-state index contributed by atoms with van der Waals surface area (Å²) in [4.78, 5) is 11.4. The molecule has 0 spiro atoms. The normalized spacial score (nSPS) is 20.1. The molecule has 1 fully saturated rings. The molecule has 1 rings (SSSR count). The summed E-state index contributed by atoms with van der Waals surface area (Å²) < 4.78 is 0. The van der Waals surface area contributed by atoms with Gasteiger partial charge < -0.3 is 0 Å². The van der Waals surface area contributed by atoms with E-state index in [9.17, 15) is 4.79 Å². The molecule has 0 aromatic rings. The van der Waals surface area contributed by atoms with Crippen LogP contribution in [0, 0.1) is 5.92 Å². The van der Waals surface area contributed by atoms with E-state index in [4.69, 9.17) is 0 Å². The maximum atomic E-state index is 11.4. The third kappa shape index (κ3) is 3.29. The zero-order valence-corrected chi connectivity index (χ0v) is 10.2. The van der Waals surface area contributed by atoms with Crippen LogP contribution in [0.3, 0.4) is 0 Å². The van der Waals surface area contributed by atoms with Crippen molar-refractivity contribution in [2.75, 3.05) is 0 Å². The number of hydrogen-bond donors (Lipinski definition) is 0. The molecule has 0 aliphatic heterocycles. The minimum atomic E-state index is 0.440. The predicted octanol–water partition coefficient (Wildman–Crippen LogP) is 1.07. The number of ketones is 1. The Morgan fingerprint density at radius 3 is 2.55 bits per heavy atom. The van der Waals surface area contributed by atoms with Crippen LogP contribution in [-0.4, -0.2) is 33.1 Å². The molecule has 0 radical (unpaired) electrons. The van der Waals surface area contributed by atoms with Crippen LogP contribution in [0.2, 0.25) is 5.32 Å². The Morgan fingerprint density at radius 2 is 2.00 bits per heavy atom. The number of carbonyl (C=O) groups excluding carboxylic acids is 1. The summed E-state index contributed by atoms with van der Waals surface area (Å²) in [6.07, 6.45) is 6.24. The van der Waals surface area contributed by atoms with E-state index in [1.165, 1.54) is 32.1 Å². The first-order valence-corrected chi connectivity index (χ1v) is 10.1. The predicted molar refractivity (Wildman–Crippen MR) is 49.3 cm³/mol. The fraction of sp³-hybridized carbons (Fsp3) is 0.875. The van der Waals surface area contributed by atoms with Crippen LogP contribution in [0.25, 0.3) is 0 Å². The van der Waals surface area contributed by atoms with E-state index in [-0.39, 0.29) is 0 Å². The summed E-state index contributed by atoms with van der Waals surface area (Å²) in [5.74, 6) is 0.972. The third-order valence-corrected chi connectivity index (χ3v) is 4.54. The molecule has 64 valence electrons. The average molecular weight is 284 g/mol. The zero-order valence-electron chi connectivity index (χ0n) is 6.58. The molecule has 0 bridgehead atoms. The van der Waals surface area contributed by atoms with Crippen molar-refractivity contribution in [3.8, 4) is 0 Å². The molecule has 1 aliphatic carbocycles. The van der Waals surface area contributed by atoms with Crippen LogP contribution < -0.4 is 0 Å². The topological polar surface area (TPSA) is 17.1 Å². The molecule has 0 saturated heterocycles. The Balaban J connectivity index is 2.27. The second-order valence-corrected chi connectivity index (χ2v) is 7.04. The molecule has 11 heavy (non-hydrogen) atoms. The van der Waals surface area contributed by atoms with Gasteiger partial charge in [-0.05, 0) is 0 Å². The Bertz CT molecular complexity index is 130. The summed E-state index contributed by atoms with van der Waals surface area (Å²) in [5.41, 5.74) is 0. The van der Waals surface area contributed by atoms with Crippen molar-refractivity contribution < 1.29 is 4.79 Å². The molecule has 1 aliphatic rings. The summed E-state index contributed by atoms with van der Waals surface area (Å²) in [5, 5.41) is 0.845. The van der Waals surface area contributed by atoms with E-state index in [0.717, 1.165) is 5.32 Å². The average Bonchev–Trinajstić information content (AvgIpc) is 2.07. The van der Waals surface area contributed by atoms with Gasteiger partial charge in [-0.3, -0.25) is 0 Å². The van der Waals surface area contributed by atoms with Crippen molar-refractivity contribution in [1.82, 2.24) is 0 Å². The molecule has 3 heteroatoms. The molecule has 1 nitrogen and oxygen atoms in total. The van der Waals surface area contributed by atoms with E-state index in [2.05, 4.69) is 14.2 Å². The number of hydrogen-bond acceptors (Lipinski definition) is 1. The van der Waals surface area contributed by atoms with E-state index in [1.54, 1.807) is 0 Å². The van der Waals surface area contributed by atoms with Gasteiger partial charge >= 0.3 is 81.2 Å². The van der Waals surface area contributed by atoms with E-state index < -0.39 is 0 Å². The second-order valence-electron chi connectivity index (χ2n) is 3.07. The molecule has 1 saturated carbocycles. The van der Waals surface area contributed by atoms with Crippen molar-refractivity contribution in [2.45, 2.75) is 37.4 Å². The third-order valence-electron chi connectivity index (χ3n) is 2.27. The van der Waals surface area contributed by atoms with Crippen LogP contribution in [0.1, 0.15) is 32.1 Å². The Kier molecular flexibility index (Phi) is 4.78. The van der Waals surface area contributed by atoms with Gasteiger partial charge in [0.1, 0.15) is 0 Å². The SMILES string of the molecule is O=C(C[Se][SeH])C1CCCCC1. The fourth-order valence-corrected chi connectivity index (χ4v) is 3.75. The molecule has 0 aromatic carbocycles. The number of rotatable bonds is 3. The van der Waals surface area contributed by atoms with Gasteiger partial charge in [0.2, 0.25) is 0 Å². The molecule has 0 amide bonds. The van der Waals surface area contributed by atoms with E-state index in [1.807, 2.05) is 0 Å². The Hall–Kier alpha value is 0.709. The van der Waals surface area contributed by atoms with Crippen molar-refractivity contribution >= 4 is 33.1 Å². The Labute approximate surface area is 81.2 Å². The van der Waals surface area contributed by atoms with Gasteiger partial charge in [0.15, 0.2) is 0 Å². The fourth-order valence-electron chi connectivity index (χ4n) is 1.61. The Morgan fingerprint density at radius 1 is 1.36 bits per heavy atom. The van der Waals surface area contributed by atoms with Crippen molar-refractivity contribution in [2.24, 2.45) is 5.92 Å². The molecule has 0 N–H and O–H groups in total. The van der Waals surface area contributed by atoms with Crippen LogP contribution in [0.4, 0.5) is 0 Å².